The van der Waals surface area contributed by atoms with Crippen LogP contribution in [-0.4, -0.2) is 13.2 Å². The van der Waals surface area contributed by atoms with Gasteiger partial charge in [-0.3, -0.25) is 9.90 Å². The molecule has 104 valence electrons. The molecule has 0 spiro atoms. The maximum atomic E-state index is 5.77. The first-order valence-electron chi connectivity index (χ1n) is 6.91. The number of anilines is 1. The zero-order chi connectivity index (χ0) is 14.2. The molecule has 20 heavy (non-hydrogen) atoms. The van der Waals surface area contributed by atoms with Gasteiger partial charge in [-0.15, -0.1) is 6.58 Å². The van der Waals surface area contributed by atoms with Crippen molar-refractivity contribution in [2.75, 3.05) is 18.2 Å². The molecule has 0 unspecified atom stereocenters. The molecule has 0 fully saturated rings. The summed E-state index contributed by atoms with van der Waals surface area (Å²) in [5.74, 6) is 0. The van der Waals surface area contributed by atoms with Crippen LogP contribution in [0.25, 0.3) is 0 Å². The monoisotopic (exact) mass is 267 g/mol. The Hall–Kier alpha value is -2.06. The molecule has 0 aliphatic carbocycles. The Morgan fingerprint density at radius 2 is 1.90 bits per heavy atom. The van der Waals surface area contributed by atoms with Crippen LogP contribution in [0.1, 0.15) is 11.1 Å². The molecule has 2 aromatic carbocycles. The third-order valence-corrected chi connectivity index (χ3v) is 3.08. The number of rotatable bonds is 7. The lowest BCUT2D eigenvalue weighted by molar-refractivity contribution is 0.134. The van der Waals surface area contributed by atoms with E-state index in [1.807, 2.05) is 11.1 Å². The van der Waals surface area contributed by atoms with Gasteiger partial charge in [0, 0.05) is 6.54 Å². The van der Waals surface area contributed by atoms with Gasteiger partial charge in [0.1, 0.15) is 0 Å². The van der Waals surface area contributed by atoms with E-state index >= 15 is 0 Å². The van der Waals surface area contributed by atoms with Crippen molar-refractivity contribution in [3.63, 3.8) is 0 Å². The minimum absolute atomic E-state index is 0.517. The van der Waals surface area contributed by atoms with Crippen molar-refractivity contribution in [1.82, 2.24) is 0 Å². The van der Waals surface area contributed by atoms with Crippen LogP contribution in [0.2, 0.25) is 0 Å². The fourth-order valence-electron chi connectivity index (χ4n) is 2.07. The number of aryl methyl sites for hydroxylation is 1. The van der Waals surface area contributed by atoms with E-state index in [0.29, 0.717) is 6.61 Å². The molecular weight excluding hydrogens is 246 g/mol. The van der Waals surface area contributed by atoms with Crippen molar-refractivity contribution in [2.45, 2.75) is 13.3 Å². The van der Waals surface area contributed by atoms with Crippen LogP contribution in [0.3, 0.4) is 0 Å². The summed E-state index contributed by atoms with van der Waals surface area (Å²) in [5.41, 5.74) is 3.63. The van der Waals surface area contributed by atoms with Crippen molar-refractivity contribution in [1.29, 1.82) is 0 Å². The molecular formula is C18H21NO. The molecule has 0 N–H and O–H groups in total. The van der Waals surface area contributed by atoms with Gasteiger partial charge in [-0.25, -0.2) is 0 Å². The summed E-state index contributed by atoms with van der Waals surface area (Å²) < 4.78 is 0. The fraction of sp³-hybridized carbons (Fsp3) is 0.222. The zero-order valence-corrected chi connectivity index (χ0v) is 12.0. The minimum Gasteiger partial charge on any atom is -0.269 e. The number of hydrogen-bond acceptors (Lipinski definition) is 2. The van der Waals surface area contributed by atoms with Crippen LogP contribution >= 0.6 is 0 Å². The van der Waals surface area contributed by atoms with E-state index in [-0.39, 0.29) is 0 Å². The summed E-state index contributed by atoms with van der Waals surface area (Å²) in [6.07, 6.45) is 2.72. The van der Waals surface area contributed by atoms with Gasteiger partial charge in [0.25, 0.3) is 0 Å². The summed E-state index contributed by atoms with van der Waals surface area (Å²) in [4.78, 5) is 5.77. The normalized spacial score (nSPS) is 10.2. The Kier molecular flexibility index (Phi) is 5.39. The largest absolute Gasteiger partial charge is 0.269 e. The van der Waals surface area contributed by atoms with Gasteiger partial charge in [0.2, 0.25) is 0 Å². The highest BCUT2D eigenvalue weighted by molar-refractivity contribution is 5.46. The number of nitrogens with zero attached hydrogens (tertiary/aromatic N) is 1. The Bertz CT molecular complexity index is 536. The average molecular weight is 267 g/mol. The standard InChI is InChI=1S/C18H21NO/c1-3-14-20-19(18-11-7-8-16(2)15-18)13-12-17-9-5-4-6-10-17/h3-11,15H,1,12-14H2,2H3. The van der Waals surface area contributed by atoms with E-state index in [2.05, 4.69) is 62.0 Å². The average Bonchev–Trinajstić information content (AvgIpc) is 2.48. The molecule has 2 rings (SSSR count). The number of benzene rings is 2. The van der Waals surface area contributed by atoms with Crippen molar-refractivity contribution in [3.05, 3.63) is 78.4 Å². The van der Waals surface area contributed by atoms with E-state index in [9.17, 15) is 0 Å². The van der Waals surface area contributed by atoms with Crippen LogP contribution < -0.4 is 5.06 Å². The maximum absolute atomic E-state index is 5.77. The van der Waals surface area contributed by atoms with Gasteiger partial charge in [-0.1, -0.05) is 48.5 Å². The highest BCUT2D eigenvalue weighted by atomic mass is 16.7. The van der Waals surface area contributed by atoms with Gasteiger partial charge in [0.05, 0.1) is 12.3 Å². The molecule has 0 atom stereocenters. The second-order valence-electron chi connectivity index (χ2n) is 4.76. The van der Waals surface area contributed by atoms with Gasteiger partial charge in [-0.05, 0) is 36.6 Å². The van der Waals surface area contributed by atoms with Gasteiger partial charge < -0.3 is 0 Å². The van der Waals surface area contributed by atoms with Crippen LogP contribution in [0.4, 0.5) is 5.69 Å². The Labute approximate surface area is 121 Å². The summed E-state index contributed by atoms with van der Waals surface area (Å²) >= 11 is 0. The van der Waals surface area contributed by atoms with E-state index in [1.54, 1.807) is 6.08 Å². The maximum Gasteiger partial charge on any atom is 0.0927 e. The molecule has 2 aromatic rings. The summed E-state index contributed by atoms with van der Waals surface area (Å²) in [6.45, 7) is 7.14. The lowest BCUT2D eigenvalue weighted by Crippen LogP contribution is -2.26. The third-order valence-electron chi connectivity index (χ3n) is 3.08. The van der Waals surface area contributed by atoms with Crippen molar-refractivity contribution < 1.29 is 4.84 Å². The number of hydroxylamine groups is 1. The SMILES string of the molecule is C=CCON(CCc1ccccc1)c1cccc(C)c1. The lowest BCUT2D eigenvalue weighted by Gasteiger charge is -2.23. The van der Waals surface area contributed by atoms with Crippen LogP contribution in [-0.2, 0) is 11.3 Å². The first kappa shape index (κ1) is 14.4. The molecule has 0 radical (unpaired) electrons. The van der Waals surface area contributed by atoms with Gasteiger partial charge in [0.15, 0.2) is 0 Å². The molecule has 0 heterocycles. The second-order valence-corrected chi connectivity index (χ2v) is 4.76. The van der Waals surface area contributed by atoms with E-state index in [1.165, 1.54) is 11.1 Å². The number of hydrogen-bond donors (Lipinski definition) is 0. The van der Waals surface area contributed by atoms with Crippen molar-refractivity contribution >= 4 is 5.69 Å². The predicted molar refractivity (Wildman–Crippen MR) is 84.8 cm³/mol. The molecule has 0 saturated carbocycles. The van der Waals surface area contributed by atoms with Crippen LogP contribution in [0.15, 0.2) is 67.3 Å². The summed E-state index contributed by atoms with van der Waals surface area (Å²) in [6, 6.07) is 18.8. The Balaban J connectivity index is 2.05. The van der Waals surface area contributed by atoms with E-state index in [4.69, 9.17) is 4.84 Å². The fourth-order valence-corrected chi connectivity index (χ4v) is 2.07. The molecule has 0 aliphatic heterocycles. The predicted octanol–water partition coefficient (Wildman–Crippen LogP) is 4.16. The minimum atomic E-state index is 0.517. The first-order chi connectivity index (χ1) is 9.79. The Morgan fingerprint density at radius 3 is 2.60 bits per heavy atom. The van der Waals surface area contributed by atoms with Crippen LogP contribution in [0, 0.1) is 6.92 Å². The van der Waals surface area contributed by atoms with E-state index < -0.39 is 0 Å². The molecule has 2 heteroatoms. The smallest absolute Gasteiger partial charge is 0.0927 e. The van der Waals surface area contributed by atoms with Gasteiger partial charge >= 0.3 is 0 Å². The molecule has 2 nitrogen and oxygen atoms in total. The molecule has 0 saturated heterocycles. The molecule has 0 bridgehead atoms. The lowest BCUT2D eigenvalue weighted by atomic mass is 10.1. The van der Waals surface area contributed by atoms with Crippen molar-refractivity contribution in [2.24, 2.45) is 0 Å². The Morgan fingerprint density at radius 1 is 1.10 bits per heavy atom. The molecule has 0 aliphatic rings. The quantitative estimate of drug-likeness (QED) is 0.551. The summed E-state index contributed by atoms with van der Waals surface area (Å²) in [5, 5.41) is 1.95. The zero-order valence-electron chi connectivity index (χ0n) is 12.0. The topological polar surface area (TPSA) is 12.5 Å². The highest BCUT2D eigenvalue weighted by Crippen LogP contribution is 2.17. The van der Waals surface area contributed by atoms with Crippen LogP contribution in [0.5, 0.6) is 0 Å². The second kappa shape index (κ2) is 7.51. The highest BCUT2D eigenvalue weighted by Gasteiger charge is 2.07. The molecule has 0 aromatic heterocycles. The molecule has 0 amide bonds. The first-order valence-corrected chi connectivity index (χ1v) is 6.91. The van der Waals surface area contributed by atoms with Crippen molar-refractivity contribution in [3.8, 4) is 0 Å². The van der Waals surface area contributed by atoms with Gasteiger partial charge in [-0.2, -0.15) is 0 Å². The third kappa shape index (κ3) is 4.25. The van der Waals surface area contributed by atoms with E-state index in [0.717, 1.165) is 18.7 Å². The summed E-state index contributed by atoms with van der Waals surface area (Å²) in [7, 11) is 0.